The molecule has 1 saturated carbocycles. The van der Waals surface area contributed by atoms with Crippen LogP contribution in [0.25, 0.3) is 10.8 Å². The van der Waals surface area contributed by atoms with E-state index >= 15 is 0 Å². The summed E-state index contributed by atoms with van der Waals surface area (Å²) < 4.78 is 5.30. The lowest BCUT2D eigenvalue weighted by Crippen LogP contribution is -2.50. The molecular formula is C23H29NO2. The molecule has 3 nitrogen and oxygen atoms in total. The van der Waals surface area contributed by atoms with E-state index in [1.807, 2.05) is 24.3 Å². The number of nitrogens with zero attached hydrogens (tertiary/aromatic N) is 1. The molecule has 1 heterocycles. The van der Waals surface area contributed by atoms with E-state index in [9.17, 15) is 4.79 Å². The number of fused-ring (bicyclic) bond motifs is 1. The van der Waals surface area contributed by atoms with Crippen LogP contribution in [0, 0.1) is 11.8 Å². The average molecular weight is 351 g/mol. The maximum atomic E-state index is 13.4. The van der Waals surface area contributed by atoms with Crippen molar-refractivity contribution < 1.29 is 9.53 Å². The molecule has 2 aromatic rings. The van der Waals surface area contributed by atoms with Gasteiger partial charge in [0.2, 0.25) is 0 Å². The molecule has 0 bridgehead atoms. The third kappa shape index (κ3) is 3.25. The van der Waals surface area contributed by atoms with E-state index in [0.29, 0.717) is 11.7 Å². The highest BCUT2D eigenvalue weighted by molar-refractivity contribution is 6.01. The third-order valence-corrected chi connectivity index (χ3v) is 6.57. The van der Waals surface area contributed by atoms with Crippen molar-refractivity contribution >= 4 is 16.6 Å². The van der Waals surface area contributed by atoms with Crippen LogP contribution < -0.4 is 4.74 Å². The summed E-state index contributed by atoms with van der Waals surface area (Å²) in [6, 6.07) is 12.9. The fraction of sp³-hybridized carbons (Fsp3) is 0.522. The summed E-state index contributed by atoms with van der Waals surface area (Å²) in [5.41, 5.74) is 0.863. The van der Waals surface area contributed by atoms with Gasteiger partial charge in [0.1, 0.15) is 5.75 Å². The molecule has 3 heteroatoms. The molecule has 1 saturated heterocycles. The van der Waals surface area contributed by atoms with E-state index in [2.05, 4.69) is 24.0 Å². The number of likely N-dealkylation sites (tertiary alicyclic amines) is 1. The first-order valence-electron chi connectivity index (χ1n) is 10.1. The Morgan fingerprint density at radius 3 is 2.58 bits per heavy atom. The molecule has 0 spiro atoms. The number of benzene rings is 2. The predicted molar refractivity (Wildman–Crippen MR) is 106 cm³/mol. The molecule has 4 rings (SSSR count). The van der Waals surface area contributed by atoms with Crippen LogP contribution in [0.5, 0.6) is 5.75 Å². The van der Waals surface area contributed by atoms with Crippen LogP contribution in [0.3, 0.4) is 0 Å². The lowest BCUT2D eigenvalue weighted by molar-refractivity contribution is 0.0401. The Balaban J connectivity index is 1.58. The summed E-state index contributed by atoms with van der Waals surface area (Å²) in [6.45, 7) is 4.35. The number of hydrogen-bond acceptors (Lipinski definition) is 3. The first kappa shape index (κ1) is 17.5. The monoisotopic (exact) mass is 351 g/mol. The van der Waals surface area contributed by atoms with Gasteiger partial charge in [-0.1, -0.05) is 38.0 Å². The van der Waals surface area contributed by atoms with Gasteiger partial charge < -0.3 is 4.74 Å². The van der Waals surface area contributed by atoms with Crippen LogP contribution in [0.2, 0.25) is 0 Å². The third-order valence-electron chi connectivity index (χ3n) is 6.57. The van der Waals surface area contributed by atoms with Crippen molar-refractivity contribution in [2.75, 3.05) is 20.2 Å². The van der Waals surface area contributed by atoms with Crippen molar-refractivity contribution in [3.05, 3.63) is 42.0 Å². The number of Topliss-reactive ketones (excluding diaryl/α,β-unsaturated/α-hetero) is 1. The number of ether oxygens (including phenoxy) is 1. The lowest BCUT2D eigenvalue weighted by atomic mass is 9.77. The summed E-state index contributed by atoms with van der Waals surface area (Å²) in [5, 5.41) is 2.23. The molecule has 2 aliphatic rings. The molecule has 26 heavy (non-hydrogen) atoms. The molecule has 138 valence electrons. The topological polar surface area (TPSA) is 29.5 Å². The van der Waals surface area contributed by atoms with Gasteiger partial charge in [0.05, 0.1) is 7.11 Å². The van der Waals surface area contributed by atoms with Gasteiger partial charge >= 0.3 is 0 Å². The van der Waals surface area contributed by atoms with Crippen LogP contribution in [0.15, 0.2) is 36.4 Å². The van der Waals surface area contributed by atoms with Crippen molar-refractivity contribution in [1.82, 2.24) is 4.90 Å². The summed E-state index contributed by atoms with van der Waals surface area (Å²) in [6.07, 6.45) is 6.24. The second-order valence-corrected chi connectivity index (χ2v) is 7.94. The molecule has 0 N–H and O–H groups in total. The first-order valence-corrected chi connectivity index (χ1v) is 10.1. The smallest absolute Gasteiger partial charge is 0.167 e. The van der Waals surface area contributed by atoms with Gasteiger partial charge in [-0.3, -0.25) is 9.69 Å². The standard InChI is InChI=1S/C23H29NO2/c1-3-16-11-12-24(20-5-4-6-20)15-22(16)23(25)19-8-7-18-14-21(26-2)10-9-17(18)13-19/h7-10,13-14,16,20,22H,3-6,11-12,15H2,1-2H3/t16-,22+/m1/s1. The lowest BCUT2D eigenvalue weighted by Gasteiger charge is -2.44. The van der Waals surface area contributed by atoms with Crippen LogP contribution in [-0.2, 0) is 0 Å². The number of carbonyl (C=O) groups excluding carboxylic acids is 1. The minimum atomic E-state index is 0.144. The summed E-state index contributed by atoms with van der Waals surface area (Å²) in [4.78, 5) is 15.9. The van der Waals surface area contributed by atoms with E-state index in [1.165, 1.54) is 25.8 Å². The Morgan fingerprint density at radius 2 is 1.88 bits per heavy atom. The maximum absolute atomic E-state index is 13.4. The van der Waals surface area contributed by atoms with E-state index in [0.717, 1.165) is 47.5 Å². The fourth-order valence-corrected chi connectivity index (χ4v) is 4.61. The predicted octanol–water partition coefficient (Wildman–Crippen LogP) is 4.93. The number of rotatable bonds is 5. The van der Waals surface area contributed by atoms with Crippen LogP contribution in [0.1, 0.15) is 49.4 Å². The average Bonchev–Trinajstić information content (AvgIpc) is 2.65. The van der Waals surface area contributed by atoms with E-state index < -0.39 is 0 Å². The molecule has 0 amide bonds. The molecule has 2 atom stereocenters. The second kappa shape index (κ2) is 7.40. The Morgan fingerprint density at radius 1 is 1.12 bits per heavy atom. The number of methoxy groups -OCH3 is 1. The van der Waals surface area contributed by atoms with Crippen molar-refractivity contribution in [2.45, 2.75) is 45.1 Å². The Hall–Kier alpha value is -1.87. The summed E-state index contributed by atoms with van der Waals surface area (Å²) in [5.74, 6) is 1.85. The Bertz CT molecular complexity index is 796. The van der Waals surface area contributed by atoms with Gasteiger partial charge in [-0.25, -0.2) is 0 Å². The van der Waals surface area contributed by atoms with Gasteiger partial charge in [0.25, 0.3) is 0 Å². The van der Waals surface area contributed by atoms with Crippen molar-refractivity contribution in [1.29, 1.82) is 0 Å². The molecule has 1 aliphatic carbocycles. The molecule has 0 unspecified atom stereocenters. The highest BCUT2D eigenvalue weighted by Gasteiger charge is 2.37. The molecule has 0 radical (unpaired) electrons. The van der Waals surface area contributed by atoms with Gasteiger partial charge in [-0.2, -0.15) is 0 Å². The van der Waals surface area contributed by atoms with Gasteiger partial charge in [-0.05, 0) is 60.7 Å². The maximum Gasteiger partial charge on any atom is 0.167 e. The minimum absolute atomic E-state index is 0.144. The highest BCUT2D eigenvalue weighted by atomic mass is 16.5. The van der Waals surface area contributed by atoms with Gasteiger partial charge in [-0.15, -0.1) is 0 Å². The quantitative estimate of drug-likeness (QED) is 0.715. The van der Waals surface area contributed by atoms with Crippen molar-refractivity contribution in [2.24, 2.45) is 11.8 Å². The molecular weight excluding hydrogens is 322 g/mol. The van der Waals surface area contributed by atoms with E-state index in [1.54, 1.807) is 7.11 Å². The number of piperidine rings is 1. The zero-order valence-electron chi connectivity index (χ0n) is 15.9. The molecule has 2 fully saturated rings. The second-order valence-electron chi connectivity index (χ2n) is 7.94. The zero-order valence-corrected chi connectivity index (χ0v) is 15.9. The van der Waals surface area contributed by atoms with Crippen molar-refractivity contribution in [3.63, 3.8) is 0 Å². The van der Waals surface area contributed by atoms with Crippen LogP contribution in [0.4, 0.5) is 0 Å². The number of hydrogen-bond donors (Lipinski definition) is 0. The Kier molecular flexibility index (Phi) is 4.99. The SMILES string of the molecule is CC[C@@H]1CCN(C2CCC2)C[C@@H]1C(=O)c1ccc2cc(OC)ccc2c1. The number of ketones is 1. The molecule has 2 aromatic carbocycles. The zero-order chi connectivity index (χ0) is 18.1. The normalized spacial score (nSPS) is 24.4. The summed E-state index contributed by atoms with van der Waals surface area (Å²) in [7, 11) is 1.68. The fourth-order valence-electron chi connectivity index (χ4n) is 4.61. The Labute approximate surface area is 156 Å². The largest absolute Gasteiger partial charge is 0.497 e. The van der Waals surface area contributed by atoms with E-state index in [-0.39, 0.29) is 5.92 Å². The summed E-state index contributed by atoms with van der Waals surface area (Å²) >= 11 is 0. The molecule has 1 aliphatic heterocycles. The van der Waals surface area contributed by atoms with Crippen molar-refractivity contribution in [3.8, 4) is 5.75 Å². The minimum Gasteiger partial charge on any atom is -0.497 e. The van der Waals surface area contributed by atoms with Gasteiger partial charge in [0.15, 0.2) is 5.78 Å². The highest BCUT2D eigenvalue weighted by Crippen LogP contribution is 2.35. The number of carbonyl (C=O) groups is 1. The molecule has 0 aromatic heterocycles. The van der Waals surface area contributed by atoms with Gasteiger partial charge in [0, 0.05) is 24.1 Å². The van der Waals surface area contributed by atoms with E-state index in [4.69, 9.17) is 4.74 Å². The first-order chi connectivity index (χ1) is 12.7. The van der Waals surface area contributed by atoms with Crippen LogP contribution in [-0.4, -0.2) is 36.9 Å². The van der Waals surface area contributed by atoms with Crippen LogP contribution >= 0.6 is 0 Å².